The zero-order valence-corrected chi connectivity index (χ0v) is 14.5. The molecule has 0 spiro atoms. The van der Waals surface area contributed by atoms with E-state index in [1.54, 1.807) is 38.3 Å². The van der Waals surface area contributed by atoms with E-state index in [1.165, 1.54) is 0 Å². The van der Waals surface area contributed by atoms with Crippen LogP contribution < -0.4 is 18.9 Å². The van der Waals surface area contributed by atoms with Crippen LogP contribution in [0.1, 0.15) is 5.56 Å². The molecule has 1 heterocycles. The SMILES string of the molecule is COc1ccc(CN(C)C(=O)[C@@H]2COc3ccccc3O2)c(OC)c1. The molecule has 0 radical (unpaired) electrons. The van der Waals surface area contributed by atoms with Crippen molar-refractivity contribution in [3.63, 3.8) is 0 Å². The predicted molar refractivity (Wildman–Crippen MR) is 92.4 cm³/mol. The fourth-order valence-electron chi connectivity index (χ4n) is 2.70. The maximum absolute atomic E-state index is 12.7. The van der Waals surface area contributed by atoms with Crippen LogP contribution in [0.5, 0.6) is 23.0 Å². The van der Waals surface area contributed by atoms with E-state index in [0.717, 1.165) is 5.56 Å². The number of carbonyl (C=O) groups excluding carboxylic acids is 1. The monoisotopic (exact) mass is 343 g/mol. The highest BCUT2D eigenvalue weighted by Gasteiger charge is 2.30. The van der Waals surface area contributed by atoms with Crippen LogP contribution >= 0.6 is 0 Å². The number of ether oxygens (including phenoxy) is 4. The number of hydrogen-bond donors (Lipinski definition) is 0. The first-order chi connectivity index (χ1) is 12.1. The lowest BCUT2D eigenvalue weighted by atomic mass is 10.1. The van der Waals surface area contributed by atoms with E-state index < -0.39 is 6.10 Å². The molecule has 0 saturated heterocycles. The Morgan fingerprint density at radius 1 is 1.16 bits per heavy atom. The average molecular weight is 343 g/mol. The van der Waals surface area contributed by atoms with Crippen molar-refractivity contribution < 1.29 is 23.7 Å². The summed E-state index contributed by atoms with van der Waals surface area (Å²) in [6.07, 6.45) is -0.663. The first kappa shape index (κ1) is 17.0. The summed E-state index contributed by atoms with van der Waals surface area (Å²) in [7, 11) is 4.92. The molecule has 1 atom stereocenters. The van der Waals surface area contributed by atoms with Crippen molar-refractivity contribution in [3.05, 3.63) is 48.0 Å². The topological polar surface area (TPSA) is 57.2 Å². The lowest BCUT2D eigenvalue weighted by Crippen LogP contribution is -2.44. The van der Waals surface area contributed by atoms with Gasteiger partial charge < -0.3 is 23.8 Å². The largest absolute Gasteiger partial charge is 0.497 e. The first-order valence-corrected chi connectivity index (χ1v) is 7.96. The zero-order valence-electron chi connectivity index (χ0n) is 14.5. The molecule has 1 amide bonds. The van der Waals surface area contributed by atoms with Crippen molar-refractivity contribution in [2.24, 2.45) is 0 Å². The summed E-state index contributed by atoms with van der Waals surface area (Å²) in [6.45, 7) is 0.591. The van der Waals surface area contributed by atoms with Crippen molar-refractivity contribution in [2.75, 3.05) is 27.9 Å². The van der Waals surface area contributed by atoms with Crippen molar-refractivity contribution in [1.82, 2.24) is 4.90 Å². The highest BCUT2D eigenvalue weighted by atomic mass is 16.6. The number of amides is 1. The van der Waals surface area contributed by atoms with Gasteiger partial charge in [-0.15, -0.1) is 0 Å². The Bertz CT molecular complexity index is 761. The summed E-state index contributed by atoms with van der Waals surface area (Å²) in [5.41, 5.74) is 0.885. The Morgan fingerprint density at radius 2 is 1.92 bits per heavy atom. The van der Waals surface area contributed by atoms with Crippen LogP contribution in [-0.2, 0) is 11.3 Å². The summed E-state index contributed by atoms with van der Waals surface area (Å²) in [5.74, 6) is 2.47. The molecule has 0 N–H and O–H groups in total. The number of hydrogen-bond acceptors (Lipinski definition) is 5. The molecule has 6 nitrogen and oxygen atoms in total. The standard InChI is InChI=1S/C19H21NO5/c1-20(11-13-8-9-14(22-2)10-17(13)23-3)19(21)18-12-24-15-6-4-5-7-16(15)25-18/h4-10,18H,11-12H2,1-3H3/t18-/m0/s1. The molecule has 0 bridgehead atoms. The molecule has 132 valence electrons. The van der Waals surface area contributed by atoms with Crippen molar-refractivity contribution in [2.45, 2.75) is 12.6 Å². The second kappa shape index (κ2) is 7.34. The molecular formula is C19H21NO5. The van der Waals surface area contributed by atoms with E-state index in [4.69, 9.17) is 18.9 Å². The minimum Gasteiger partial charge on any atom is -0.497 e. The minimum absolute atomic E-state index is 0.146. The lowest BCUT2D eigenvalue weighted by molar-refractivity contribution is -0.140. The Balaban J connectivity index is 1.69. The van der Waals surface area contributed by atoms with Gasteiger partial charge in [0.1, 0.15) is 18.1 Å². The van der Waals surface area contributed by atoms with E-state index in [9.17, 15) is 4.79 Å². The van der Waals surface area contributed by atoms with Gasteiger partial charge in [0.05, 0.1) is 14.2 Å². The van der Waals surface area contributed by atoms with Gasteiger partial charge in [0.2, 0.25) is 6.10 Å². The van der Waals surface area contributed by atoms with Crippen molar-refractivity contribution in [1.29, 1.82) is 0 Å². The van der Waals surface area contributed by atoms with E-state index in [0.29, 0.717) is 29.5 Å². The van der Waals surface area contributed by atoms with Gasteiger partial charge in [-0.05, 0) is 24.3 Å². The van der Waals surface area contributed by atoms with Gasteiger partial charge in [0.25, 0.3) is 5.91 Å². The number of rotatable bonds is 5. The molecule has 0 aromatic heterocycles. The molecule has 0 saturated carbocycles. The number of likely N-dealkylation sites (N-methyl/N-ethyl adjacent to an activating group) is 1. The van der Waals surface area contributed by atoms with Crippen LogP contribution in [0.4, 0.5) is 0 Å². The summed E-state index contributed by atoms with van der Waals surface area (Å²) in [6, 6.07) is 12.8. The van der Waals surface area contributed by atoms with E-state index in [1.807, 2.05) is 30.3 Å². The van der Waals surface area contributed by atoms with E-state index >= 15 is 0 Å². The fraction of sp³-hybridized carbons (Fsp3) is 0.316. The summed E-state index contributed by atoms with van der Waals surface area (Å²) < 4.78 is 22.0. The Hall–Kier alpha value is -2.89. The molecule has 1 aliphatic rings. The number of benzene rings is 2. The third kappa shape index (κ3) is 3.63. The van der Waals surface area contributed by atoms with Crippen LogP contribution in [-0.4, -0.2) is 44.8 Å². The zero-order chi connectivity index (χ0) is 17.8. The third-order valence-corrected chi connectivity index (χ3v) is 4.06. The van der Waals surface area contributed by atoms with Gasteiger partial charge in [-0.3, -0.25) is 4.79 Å². The second-order valence-electron chi connectivity index (χ2n) is 5.74. The van der Waals surface area contributed by atoms with Gasteiger partial charge in [-0.1, -0.05) is 12.1 Å². The highest BCUT2D eigenvalue weighted by molar-refractivity contribution is 5.81. The van der Waals surface area contributed by atoms with Gasteiger partial charge in [-0.2, -0.15) is 0 Å². The molecule has 6 heteroatoms. The average Bonchev–Trinajstić information content (AvgIpc) is 2.67. The van der Waals surface area contributed by atoms with Gasteiger partial charge in [-0.25, -0.2) is 0 Å². The molecular weight excluding hydrogens is 322 g/mol. The number of para-hydroxylation sites is 2. The normalized spacial score (nSPS) is 15.4. The van der Waals surface area contributed by atoms with Gasteiger partial charge >= 0.3 is 0 Å². The van der Waals surface area contributed by atoms with Crippen molar-refractivity contribution >= 4 is 5.91 Å². The Kier molecular flexibility index (Phi) is 4.97. The molecule has 1 aliphatic heterocycles. The Morgan fingerprint density at radius 3 is 2.64 bits per heavy atom. The van der Waals surface area contributed by atoms with E-state index in [-0.39, 0.29) is 12.5 Å². The van der Waals surface area contributed by atoms with E-state index in [2.05, 4.69) is 0 Å². The molecule has 3 rings (SSSR count). The number of carbonyl (C=O) groups is 1. The molecule has 0 fully saturated rings. The third-order valence-electron chi connectivity index (χ3n) is 4.06. The molecule has 2 aromatic carbocycles. The van der Waals surface area contributed by atoms with Crippen LogP contribution in [0, 0.1) is 0 Å². The van der Waals surface area contributed by atoms with Gasteiger partial charge in [0, 0.05) is 25.2 Å². The van der Waals surface area contributed by atoms with Crippen LogP contribution in [0.15, 0.2) is 42.5 Å². The number of methoxy groups -OCH3 is 2. The smallest absolute Gasteiger partial charge is 0.267 e. The molecule has 0 unspecified atom stereocenters. The minimum atomic E-state index is -0.663. The van der Waals surface area contributed by atoms with Crippen molar-refractivity contribution in [3.8, 4) is 23.0 Å². The second-order valence-corrected chi connectivity index (χ2v) is 5.74. The summed E-state index contributed by atoms with van der Waals surface area (Å²) in [4.78, 5) is 14.3. The Labute approximate surface area is 146 Å². The van der Waals surface area contributed by atoms with Crippen LogP contribution in [0.25, 0.3) is 0 Å². The van der Waals surface area contributed by atoms with Gasteiger partial charge in [0.15, 0.2) is 11.5 Å². The predicted octanol–water partition coefficient (Wildman–Crippen LogP) is 2.50. The quantitative estimate of drug-likeness (QED) is 0.835. The highest BCUT2D eigenvalue weighted by Crippen LogP contribution is 2.31. The first-order valence-electron chi connectivity index (χ1n) is 7.96. The summed E-state index contributed by atoms with van der Waals surface area (Å²) >= 11 is 0. The molecule has 2 aromatic rings. The molecule has 0 aliphatic carbocycles. The lowest BCUT2D eigenvalue weighted by Gasteiger charge is -2.29. The summed E-state index contributed by atoms with van der Waals surface area (Å²) in [5, 5.41) is 0. The van der Waals surface area contributed by atoms with Crippen LogP contribution in [0.3, 0.4) is 0 Å². The number of nitrogens with zero attached hydrogens (tertiary/aromatic N) is 1. The molecule has 25 heavy (non-hydrogen) atoms. The maximum Gasteiger partial charge on any atom is 0.267 e. The number of fused-ring (bicyclic) bond motifs is 1. The maximum atomic E-state index is 12.7. The van der Waals surface area contributed by atoms with Crippen LogP contribution in [0.2, 0.25) is 0 Å². The fourth-order valence-corrected chi connectivity index (χ4v) is 2.70.